The summed E-state index contributed by atoms with van der Waals surface area (Å²) in [7, 11) is 0. The lowest BCUT2D eigenvalue weighted by molar-refractivity contribution is -0.153. The number of imide groups is 1. The lowest BCUT2D eigenvalue weighted by atomic mass is 10.0. The molecule has 0 radical (unpaired) electrons. The van der Waals surface area contributed by atoms with Crippen molar-refractivity contribution in [2.75, 3.05) is 6.61 Å². The van der Waals surface area contributed by atoms with Crippen molar-refractivity contribution in [3.8, 4) is 16.9 Å². The number of alkyl halides is 3. The van der Waals surface area contributed by atoms with Crippen molar-refractivity contribution in [3.63, 3.8) is 0 Å². The van der Waals surface area contributed by atoms with E-state index in [-0.39, 0.29) is 10.7 Å². The zero-order valence-corrected chi connectivity index (χ0v) is 14.0. The summed E-state index contributed by atoms with van der Waals surface area (Å²) in [5.74, 6) is -0.317. The third-order valence-corrected chi connectivity index (χ3v) is 4.25. The summed E-state index contributed by atoms with van der Waals surface area (Å²) >= 11 is 0.815. The van der Waals surface area contributed by atoms with Crippen LogP contribution in [0.15, 0.2) is 53.4 Å². The van der Waals surface area contributed by atoms with Crippen LogP contribution in [0.1, 0.15) is 5.56 Å². The van der Waals surface area contributed by atoms with Gasteiger partial charge in [0.25, 0.3) is 11.1 Å². The van der Waals surface area contributed by atoms with E-state index in [9.17, 15) is 22.8 Å². The average Bonchev–Trinajstić information content (AvgIpc) is 2.91. The van der Waals surface area contributed by atoms with Crippen LogP contribution in [0.4, 0.5) is 18.0 Å². The third kappa shape index (κ3) is 4.45. The number of para-hydroxylation sites is 1. The van der Waals surface area contributed by atoms with Crippen molar-refractivity contribution < 1.29 is 27.5 Å². The van der Waals surface area contributed by atoms with E-state index in [1.54, 1.807) is 48.5 Å². The largest absolute Gasteiger partial charge is 0.483 e. The number of ether oxygens (including phenoxy) is 1. The number of benzene rings is 2. The number of carbonyl (C=O) groups excluding carboxylic acids is 2. The molecule has 26 heavy (non-hydrogen) atoms. The minimum absolute atomic E-state index is 0.132. The highest BCUT2D eigenvalue weighted by Crippen LogP contribution is 2.32. The van der Waals surface area contributed by atoms with E-state index >= 15 is 0 Å². The Morgan fingerprint density at radius 2 is 1.73 bits per heavy atom. The summed E-state index contributed by atoms with van der Waals surface area (Å²) in [6, 6.07) is 13.3. The second-order valence-corrected chi connectivity index (χ2v) is 6.39. The van der Waals surface area contributed by atoms with E-state index in [1.807, 2.05) is 0 Å². The number of hydrogen-bond donors (Lipinski definition) is 1. The number of halogens is 3. The normalized spacial score (nSPS) is 16.0. The smallest absolute Gasteiger partial charge is 0.422 e. The molecule has 2 amide bonds. The molecular weight excluding hydrogens is 367 g/mol. The molecule has 0 aromatic heterocycles. The second-order valence-electron chi connectivity index (χ2n) is 5.37. The van der Waals surface area contributed by atoms with Crippen LogP contribution in [-0.2, 0) is 4.79 Å². The van der Waals surface area contributed by atoms with Gasteiger partial charge in [0.05, 0.1) is 4.91 Å². The van der Waals surface area contributed by atoms with Crippen LogP contribution in [-0.4, -0.2) is 23.9 Å². The SMILES string of the molecule is O=C1NC(=O)/C(=C/c2ccc(-c3ccccc3OCC(F)(F)F)cc2)S1. The first-order chi connectivity index (χ1) is 12.3. The minimum Gasteiger partial charge on any atom is -0.483 e. The fourth-order valence-electron chi connectivity index (χ4n) is 2.32. The topological polar surface area (TPSA) is 55.4 Å². The number of carbonyl (C=O) groups is 2. The second kappa shape index (κ2) is 7.25. The molecule has 3 rings (SSSR count). The first kappa shape index (κ1) is 18.1. The lowest BCUT2D eigenvalue weighted by Crippen LogP contribution is -2.19. The van der Waals surface area contributed by atoms with Gasteiger partial charge in [-0.05, 0) is 35.0 Å². The zero-order valence-electron chi connectivity index (χ0n) is 13.2. The van der Waals surface area contributed by atoms with Crippen molar-refractivity contribution in [2.45, 2.75) is 6.18 Å². The molecule has 2 aromatic rings. The standard InChI is InChI=1S/C18H12F3NO3S/c19-18(20,21)10-25-14-4-2-1-3-13(14)12-7-5-11(6-8-12)9-15-16(23)22-17(24)26-15/h1-9H,10H2,(H,22,23,24)/b15-9-. The Bertz CT molecular complexity index is 876. The number of rotatable bonds is 4. The molecule has 134 valence electrons. The van der Waals surface area contributed by atoms with Gasteiger partial charge >= 0.3 is 6.18 Å². The molecule has 0 unspecified atom stereocenters. The van der Waals surface area contributed by atoms with Gasteiger partial charge in [-0.1, -0.05) is 42.5 Å². The molecule has 4 nitrogen and oxygen atoms in total. The predicted molar refractivity (Wildman–Crippen MR) is 92.5 cm³/mol. The fourth-order valence-corrected chi connectivity index (χ4v) is 3.00. The maximum atomic E-state index is 12.4. The molecule has 0 atom stereocenters. The van der Waals surface area contributed by atoms with E-state index in [0.717, 1.165) is 11.8 Å². The molecular formula is C18H12F3NO3S. The molecule has 1 heterocycles. The molecule has 0 spiro atoms. The zero-order chi connectivity index (χ0) is 18.7. The first-order valence-corrected chi connectivity index (χ1v) is 8.27. The molecule has 1 N–H and O–H groups in total. The number of hydrogen-bond acceptors (Lipinski definition) is 4. The summed E-state index contributed by atoms with van der Waals surface area (Å²) in [6.07, 6.45) is -2.85. The van der Waals surface area contributed by atoms with Gasteiger partial charge in [-0.25, -0.2) is 0 Å². The highest BCUT2D eigenvalue weighted by molar-refractivity contribution is 8.18. The Labute approximate surface area is 151 Å². The molecule has 2 aromatic carbocycles. The minimum atomic E-state index is -4.42. The van der Waals surface area contributed by atoms with Crippen LogP contribution in [0.2, 0.25) is 0 Å². The van der Waals surface area contributed by atoms with Crippen molar-refractivity contribution >= 4 is 29.0 Å². The van der Waals surface area contributed by atoms with E-state index in [2.05, 4.69) is 5.32 Å². The number of amides is 2. The summed E-state index contributed by atoms with van der Waals surface area (Å²) in [4.78, 5) is 23.0. The van der Waals surface area contributed by atoms with Gasteiger partial charge in [0.15, 0.2) is 6.61 Å². The van der Waals surface area contributed by atoms with Crippen LogP contribution < -0.4 is 10.1 Å². The van der Waals surface area contributed by atoms with Crippen LogP contribution in [0, 0.1) is 0 Å². The Kier molecular flexibility index (Phi) is 5.03. The Hall–Kier alpha value is -2.74. The quantitative estimate of drug-likeness (QED) is 0.788. The van der Waals surface area contributed by atoms with Gasteiger partial charge < -0.3 is 4.74 Å². The lowest BCUT2D eigenvalue weighted by Gasteiger charge is -2.13. The average molecular weight is 379 g/mol. The number of nitrogens with one attached hydrogen (secondary N) is 1. The maximum Gasteiger partial charge on any atom is 0.422 e. The third-order valence-electron chi connectivity index (χ3n) is 3.44. The van der Waals surface area contributed by atoms with Crippen LogP contribution in [0.25, 0.3) is 17.2 Å². The van der Waals surface area contributed by atoms with Gasteiger partial charge in [-0.3, -0.25) is 14.9 Å². The predicted octanol–water partition coefficient (Wildman–Crippen LogP) is 4.62. The molecule has 0 bridgehead atoms. The number of thioether (sulfide) groups is 1. The summed E-state index contributed by atoms with van der Waals surface area (Å²) in [6.45, 7) is -1.37. The van der Waals surface area contributed by atoms with Gasteiger partial charge in [0.1, 0.15) is 5.75 Å². The maximum absolute atomic E-state index is 12.4. The van der Waals surface area contributed by atoms with Crippen LogP contribution in [0.5, 0.6) is 5.75 Å². The van der Waals surface area contributed by atoms with Gasteiger partial charge in [-0.2, -0.15) is 13.2 Å². The molecule has 1 fully saturated rings. The summed E-state index contributed by atoms with van der Waals surface area (Å²) in [5.41, 5.74) is 1.89. The Morgan fingerprint density at radius 3 is 2.35 bits per heavy atom. The molecule has 0 saturated carbocycles. The van der Waals surface area contributed by atoms with Crippen molar-refractivity contribution in [1.29, 1.82) is 0 Å². The van der Waals surface area contributed by atoms with Gasteiger partial charge in [-0.15, -0.1) is 0 Å². The molecule has 1 aliphatic rings. The highest BCUT2D eigenvalue weighted by atomic mass is 32.2. The van der Waals surface area contributed by atoms with E-state index < -0.39 is 23.9 Å². The van der Waals surface area contributed by atoms with Crippen molar-refractivity contribution in [1.82, 2.24) is 5.32 Å². The first-order valence-electron chi connectivity index (χ1n) is 7.46. The van der Waals surface area contributed by atoms with Gasteiger partial charge in [0, 0.05) is 5.56 Å². The molecule has 8 heteroatoms. The fraction of sp³-hybridized carbons (Fsp3) is 0.111. The van der Waals surface area contributed by atoms with Crippen molar-refractivity contribution in [2.24, 2.45) is 0 Å². The summed E-state index contributed by atoms with van der Waals surface area (Å²) < 4.78 is 42.1. The Morgan fingerprint density at radius 1 is 1.04 bits per heavy atom. The van der Waals surface area contributed by atoms with E-state index in [4.69, 9.17) is 4.74 Å². The van der Waals surface area contributed by atoms with E-state index in [1.165, 1.54) is 6.07 Å². The van der Waals surface area contributed by atoms with Gasteiger partial charge in [0.2, 0.25) is 0 Å². The van der Waals surface area contributed by atoms with Crippen LogP contribution in [0.3, 0.4) is 0 Å². The Balaban J connectivity index is 1.82. The molecule has 0 aliphatic carbocycles. The highest BCUT2D eigenvalue weighted by Gasteiger charge is 2.29. The van der Waals surface area contributed by atoms with E-state index in [0.29, 0.717) is 16.7 Å². The van der Waals surface area contributed by atoms with Crippen LogP contribution >= 0.6 is 11.8 Å². The van der Waals surface area contributed by atoms with Crippen molar-refractivity contribution in [3.05, 3.63) is 59.0 Å². The monoisotopic (exact) mass is 379 g/mol. The molecule has 1 saturated heterocycles. The molecule has 1 aliphatic heterocycles. The summed E-state index contributed by atoms with van der Waals surface area (Å²) in [5, 5.41) is 1.74.